The van der Waals surface area contributed by atoms with E-state index in [-0.39, 0.29) is 6.04 Å². The van der Waals surface area contributed by atoms with Crippen LogP contribution < -0.4 is 5.73 Å². The molecular formula is C11H15ClN2OS2. The van der Waals surface area contributed by atoms with Gasteiger partial charge in [0.2, 0.25) is 5.88 Å². The second-order valence-electron chi connectivity index (χ2n) is 3.73. The van der Waals surface area contributed by atoms with Crippen LogP contribution in [0, 0.1) is 0 Å². The van der Waals surface area contributed by atoms with Crippen LogP contribution in [0.3, 0.4) is 0 Å². The maximum atomic E-state index is 5.95. The van der Waals surface area contributed by atoms with Crippen molar-refractivity contribution in [2.45, 2.75) is 12.5 Å². The average Bonchev–Trinajstić information content (AvgIpc) is 2.85. The SMILES string of the molecule is CSCCCN1OC(N)=CC1c1ccc(Cl)s1. The zero-order valence-electron chi connectivity index (χ0n) is 9.56. The molecule has 2 rings (SSSR count). The first-order chi connectivity index (χ1) is 8.20. The van der Waals surface area contributed by atoms with Crippen LogP contribution in [0.1, 0.15) is 17.3 Å². The lowest BCUT2D eigenvalue weighted by Gasteiger charge is -2.21. The summed E-state index contributed by atoms with van der Waals surface area (Å²) in [7, 11) is 0. The Kier molecular flexibility index (Phi) is 4.62. The van der Waals surface area contributed by atoms with E-state index in [1.807, 2.05) is 35.0 Å². The molecule has 0 saturated heterocycles. The number of halogens is 1. The number of rotatable bonds is 5. The molecule has 17 heavy (non-hydrogen) atoms. The molecule has 3 nitrogen and oxygen atoms in total. The number of hydrogen-bond acceptors (Lipinski definition) is 5. The predicted molar refractivity (Wildman–Crippen MR) is 75.1 cm³/mol. The van der Waals surface area contributed by atoms with Crippen LogP contribution in [0.25, 0.3) is 0 Å². The van der Waals surface area contributed by atoms with E-state index in [4.69, 9.17) is 22.2 Å². The summed E-state index contributed by atoms with van der Waals surface area (Å²) in [5.74, 6) is 1.60. The Morgan fingerprint density at radius 1 is 1.59 bits per heavy atom. The highest BCUT2D eigenvalue weighted by molar-refractivity contribution is 7.98. The zero-order chi connectivity index (χ0) is 12.3. The van der Waals surface area contributed by atoms with Crippen molar-refractivity contribution in [3.63, 3.8) is 0 Å². The number of hydrogen-bond donors (Lipinski definition) is 1. The molecule has 0 aliphatic carbocycles. The van der Waals surface area contributed by atoms with Crippen LogP contribution in [0.2, 0.25) is 4.34 Å². The fourth-order valence-corrected chi connectivity index (χ4v) is 3.27. The third-order valence-electron chi connectivity index (χ3n) is 2.47. The molecule has 1 aromatic rings. The van der Waals surface area contributed by atoms with Gasteiger partial charge in [-0.3, -0.25) is 0 Å². The standard InChI is InChI=1S/C11H15ClN2OS2/c1-16-6-2-5-14-8(7-11(13)15-14)9-3-4-10(12)17-9/h3-4,7-8H,2,5-6,13H2,1H3. The van der Waals surface area contributed by atoms with Crippen molar-refractivity contribution < 1.29 is 4.84 Å². The maximum Gasteiger partial charge on any atom is 0.207 e. The molecule has 94 valence electrons. The van der Waals surface area contributed by atoms with Crippen LogP contribution >= 0.6 is 34.7 Å². The summed E-state index contributed by atoms with van der Waals surface area (Å²) in [6.07, 6.45) is 5.12. The lowest BCUT2D eigenvalue weighted by molar-refractivity contribution is -0.118. The molecule has 0 fully saturated rings. The van der Waals surface area contributed by atoms with Gasteiger partial charge in [-0.2, -0.15) is 11.8 Å². The number of nitrogens with two attached hydrogens (primary N) is 1. The molecule has 2 heterocycles. The normalized spacial score (nSPS) is 20.4. The zero-order valence-corrected chi connectivity index (χ0v) is 11.9. The van der Waals surface area contributed by atoms with Gasteiger partial charge in [-0.1, -0.05) is 11.6 Å². The molecule has 0 radical (unpaired) electrons. The third-order valence-corrected chi connectivity index (χ3v) is 4.47. The van der Waals surface area contributed by atoms with E-state index in [0.717, 1.165) is 23.1 Å². The highest BCUT2D eigenvalue weighted by Gasteiger charge is 2.27. The Morgan fingerprint density at radius 2 is 2.41 bits per heavy atom. The number of thiophene rings is 1. The van der Waals surface area contributed by atoms with Gasteiger partial charge in [0, 0.05) is 17.5 Å². The topological polar surface area (TPSA) is 38.5 Å². The largest absolute Gasteiger partial charge is 0.388 e. The van der Waals surface area contributed by atoms with E-state index in [1.54, 1.807) is 11.3 Å². The quantitative estimate of drug-likeness (QED) is 0.845. The van der Waals surface area contributed by atoms with Gasteiger partial charge in [-0.15, -0.1) is 16.4 Å². The highest BCUT2D eigenvalue weighted by atomic mass is 35.5. The number of thioether (sulfide) groups is 1. The summed E-state index contributed by atoms with van der Waals surface area (Å²) in [4.78, 5) is 6.68. The Bertz CT molecular complexity index is 408. The summed E-state index contributed by atoms with van der Waals surface area (Å²) in [5.41, 5.74) is 5.73. The van der Waals surface area contributed by atoms with Crippen LogP contribution in [-0.4, -0.2) is 23.6 Å². The van der Waals surface area contributed by atoms with E-state index in [9.17, 15) is 0 Å². The maximum absolute atomic E-state index is 5.95. The van der Waals surface area contributed by atoms with Crippen molar-refractivity contribution >= 4 is 34.7 Å². The third kappa shape index (κ3) is 3.31. The van der Waals surface area contributed by atoms with Gasteiger partial charge in [-0.25, -0.2) is 0 Å². The highest BCUT2D eigenvalue weighted by Crippen LogP contribution is 2.35. The van der Waals surface area contributed by atoms with Crippen LogP contribution in [0.5, 0.6) is 0 Å². The average molecular weight is 291 g/mol. The Labute approximate surface area is 115 Å². The van der Waals surface area contributed by atoms with Gasteiger partial charge in [-0.05, 0) is 30.6 Å². The van der Waals surface area contributed by atoms with Crippen molar-refractivity contribution in [2.75, 3.05) is 18.6 Å². The Morgan fingerprint density at radius 3 is 3.06 bits per heavy atom. The van der Waals surface area contributed by atoms with Gasteiger partial charge in [0.25, 0.3) is 0 Å². The lowest BCUT2D eigenvalue weighted by Crippen LogP contribution is -2.24. The van der Waals surface area contributed by atoms with Crippen molar-refractivity contribution in [2.24, 2.45) is 5.73 Å². The van der Waals surface area contributed by atoms with Gasteiger partial charge < -0.3 is 10.6 Å². The van der Waals surface area contributed by atoms with Crippen molar-refractivity contribution in [1.29, 1.82) is 0 Å². The predicted octanol–water partition coefficient (Wildman–Crippen LogP) is 3.24. The summed E-state index contributed by atoms with van der Waals surface area (Å²) in [5, 5.41) is 1.92. The molecule has 0 saturated carbocycles. The molecule has 2 N–H and O–H groups in total. The minimum Gasteiger partial charge on any atom is -0.388 e. The Hall–Kier alpha value is -0.360. The number of nitrogens with zero attached hydrogens (tertiary/aromatic N) is 1. The minimum atomic E-state index is 0.106. The van der Waals surface area contributed by atoms with E-state index >= 15 is 0 Å². The lowest BCUT2D eigenvalue weighted by atomic mass is 10.2. The minimum absolute atomic E-state index is 0.106. The van der Waals surface area contributed by atoms with Gasteiger partial charge in [0.1, 0.15) is 6.04 Å². The molecule has 0 amide bonds. The fraction of sp³-hybridized carbons (Fsp3) is 0.455. The molecule has 0 aromatic carbocycles. The summed E-state index contributed by atoms with van der Waals surface area (Å²) in [6, 6.07) is 4.04. The van der Waals surface area contributed by atoms with E-state index < -0.39 is 0 Å². The molecular weight excluding hydrogens is 276 g/mol. The molecule has 0 bridgehead atoms. The van der Waals surface area contributed by atoms with Crippen molar-refractivity contribution in [3.8, 4) is 0 Å². The first kappa shape index (κ1) is 13.1. The summed E-state index contributed by atoms with van der Waals surface area (Å²) >= 11 is 9.36. The summed E-state index contributed by atoms with van der Waals surface area (Å²) in [6.45, 7) is 0.873. The second kappa shape index (κ2) is 6.00. The number of hydroxylamine groups is 2. The van der Waals surface area contributed by atoms with Gasteiger partial charge in [0.05, 0.1) is 4.34 Å². The Balaban J connectivity index is 2.02. The first-order valence-electron chi connectivity index (χ1n) is 5.37. The van der Waals surface area contributed by atoms with Crippen LogP contribution in [0.4, 0.5) is 0 Å². The molecule has 1 aliphatic rings. The van der Waals surface area contributed by atoms with Crippen molar-refractivity contribution in [1.82, 2.24) is 5.06 Å². The monoisotopic (exact) mass is 290 g/mol. The smallest absolute Gasteiger partial charge is 0.207 e. The molecule has 6 heteroatoms. The van der Waals surface area contributed by atoms with Crippen LogP contribution in [0.15, 0.2) is 24.1 Å². The van der Waals surface area contributed by atoms with E-state index in [2.05, 4.69) is 6.26 Å². The fourth-order valence-electron chi connectivity index (χ4n) is 1.72. The molecule has 1 aliphatic heterocycles. The van der Waals surface area contributed by atoms with Crippen molar-refractivity contribution in [3.05, 3.63) is 33.3 Å². The second-order valence-corrected chi connectivity index (χ2v) is 6.47. The van der Waals surface area contributed by atoms with Crippen LogP contribution in [-0.2, 0) is 4.84 Å². The molecule has 1 unspecified atom stereocenters. The van der Waals surface area contributed by atoms with E-state index in [1.165, 1.54) is 4.88 Å². The molecule has 0 spiro atoms. The first-order valence-corrected chi connectivity index (χ1v) is 7.95. The molecule has 1 aromatic heterocycles. The van der Waals surface area contributed by atoms with E-state index in [0.29, 0.717) is 5.88 Å². The van der Waals surface area contributed by atoms with Gasteiger partial charge in [0.15, 0.2) is 0 Å². The molecule has 1 atom stereocenters. The summed E-state index contributed by atoms with van der Waals surface area (Å²) < 4.78 is 0.794. The van der Waals surface area contributed by atoms with Gasteiger partial charge >= 0.3 is 0 Å².